The zero-order valence-corrected chi connectivity index (χ0v) is 12.5. The number of rotatable bonds is 4. The largest absolute Gasteiger partial charge is 0.482 e. The number of benzene rings is 1. The number of hydrogen-bond acceptors (Lipinski definition) is 5. The van der Waals surface area contributed by atoms with Crippen molar-refractivity contribution in [3.8, 4) is 11.5 Å². The lowest BCUT2D eigenvalue weighted by atomic mass is 10.1. The highest BCUT2D eigenvalue weighted by Crippen LogP contribution is 2.33. The van der Waals surface area contributed by atoms with Crippen LogP contribution >= 0.6 is 0 Å². The van der Waals surface area contributed by atoms with Crippen LogP contribution in [0.25, 0.3) is 0 Å². The third-order valence-corrected chi connectivity index (χ3v) is 3.56. The second-order valence-corrected chi connectivity index (χ2v) is 5.06. The van der Waals surface area contributed by atoms with Gasteiger partial charge in [0.1, 0.15) is 12.4 Å². The highest BCUT2D eigenvalue weighted by Gasteiger charge is 2.33. The standard InChI is InChI=1S/C15H18N4O3/c1-3-19-9-17-18-13(19)8-16-15(20)14-10(2)21-11-6-4-5-7-12(11)22-14/h4-7,9-10,14H,3,8H2,1-2H3,(H,16,20). The Bertz CT molecular complexity index is 670. The Labute approximate surface area is 128 Å². The van der Waals surface area contributed by atoms with Gasteiger partial charge in [0.2, 0.25) is 6.10 Å². The maximum Gasteiger partial charge on any atom is 0.265 e. The summed E-state index contributed by atoms with van der Waals surface area (Å²) in [5.41, 5.74) is 0. The predicted molar refractivity (Wildman–Crippen MR) is 78.5 cm³/mol. The summed E-state index contributed by atoms with van der Waals surface area (Å²) < 4.78 is 13.4. The maximum absolute atomic E-state index is 12.3. The molecule has 0 saturated carbocycles. The minimum atomic E-state index is -0.687. The summed E-state index contributed by atoms with van der Waals surface area (Å²) >= 11 is 0. The van der Waals surface area contributed by atoms with Gasteiger partial charge in [-0.2, -0.15) is 0 Å². The molecule has 0 radical (unpaired) electrons. The summed E-state index contributed by atoms with van der Waals surface area (Å²) in [5.74, 6) is 1.72. The SMILES string of the molecule is CCn1cnnc1CNC(=O)C1Oc2ccccc2OC1C. The number of nitrogens with zero attached hydrogens (tertiary/aromatic N) is 3. The molecule has 1 aliphatic heterocycles. The second kappa shape index (κ2) is 6.05. The average Bonchev–Trinajstić information content (AvgIpc) is 2.99. The van der Waals surface area contributed by atoms with Crippen molar-refractivity contribution in [2.45, 2.75) is 39.1 Å². The molecule has 116 valence electrons. The Morgan fingerprint density at radius 1 is 1.32 bits per heavy atom. The highest BCUT2D eigenvalue weighted by molar-refractivity contribution is 5.82. The molecule has 2 atom stereocenters. The van der Waals surface area contributed by atoms with Crippen molar-refractivity contribution in [2.24, 2.45) is 0 Å². The molecule has 2 unspecified atom stereocenters. The number of hydrogen-bond donors (Lipinski definition) is 1. The van der Waals surface area contributed by atoms with Crippen molar-refractivity contribution in [1.82, 2.24) is 20.1 Å². The van der Waals surface area contributed by atoms with Gasteiger partial charge in [0, 0.05) is 6.54 Å². The molecule has 0 bridgehead atoms. The maximum atomic E-state index is 12.3. The first-order valence-corrected chi connectivity index (χ1v) is 7.25. The molecule has 0 fully saturated rings. The number of fused-ring (bicyclic) bond motifs is 1. The van der Waals surface area contributed by atoms with Crippen LogP contribution in [-0.4, -0.2) is 32.9 Å². The van der Waals surface area contributed by atoms with E-state index in [4.69, 9.17) is 9.47 Å². The van der Waals surface area contributed by atoms with E-state index in [2.05, 4.69) is 15.5 Å². The molecule has 1 N–H and O–H groups in total. The summed E-state index contributed by atoms with van der Waals surface area (Å²) in [6, 6.07) is 7.32. The van der Waals surface area contributed by atoms with E-state index >= 15 is 0 Å². The zero-order valence-electron chi connectivity index (χ0n) is 12.5. The summed E-state index contributed by atoms with van der Waals surface area (Å²) in [6.45, 7) is 4.87. The molecule has 0 aliphatic carbocycles. The van der Waals surface area contributed by atoms with Crippen molar-refractivity contribution >= 4 is 5.91 Å². The van der Waals surface area contributed by atoms with Crippen LogP contribution in [0.15, 0.2) is 30.6 Å². The number of ether oxygens (including phenoxy) is 2. The third kappa shape index (κ3) is 2.74. The van der Waals surface area contributed by atoms with Crippen LogP contribution in [0.4, 0.5) is 0 Å². The van der Waals surface area contributed by atoms with Crippen LogP contribution < -0.4 is 14.8 Å². The first kappa shape index (κ1) is 14.4. The molecule has 1 aromatic carbocycles. The summed E-state index contributed by atoms with van der Waals surface area (Å²) in [4.78, 5) is 12.3. The fraction of sp³-hybridized carbons (Fsp3) is 0.400. The first-order chi connectivity index (χ1) is 10.7. The number of aryl methyl sites for hydroxylation is 1. The van der Waals surface area contributed by atoms with Crippen LogP contribution in [-0.2, 0) is 17.9 Å². The summed E-state index contributed by atoms with van der Waals surface area (Å²) in [5, 5.41) is 10.6. The van der Waals surface area contributed by atoms with E-state index in [1.54, 1.807) is 12.4 Å². The number of para-hydroxylation sites is 2. The molecule has 1 aromatic heterocycles. The fourth-order valence-electron chi connectivity index (χ4n) is 2.35. The molecule has 3 rings (SSSR count). The molecule has 22 heavy (non-hydrogen) atoms. The van der Waals surface area contributed by atoms with Gasteiger partial charge in [0.15, 0.2) is 17.3 Å². The van der Waals surface area contributed by atoms with Crippen LogP contribution in [0.3, 0.4) is 0 Å². The lowest BCUT2D eigenvalue weighted by molar-refractivity contribution is -0.133. The molecular weight excluding hydrogens is 284 g/mol. The van der Waals surface area contributed by atoms with Gasteiger partial charge in [0.05, 0.1) is 6.54 Å². The van der Waals surface area contributed by atoms with E-state index in [0.29, 0.717) is 23.9 Å². The number of aromatic nitrogens is 3. The van der Waals surface area contributed by atoms with E-state index in [1.165, 1.54) is 0 Å². The number of amides is 1. The van der Waals surface area contributed by atoms with Gasteiger partial charge in [-0.05, 0) is 26.0 Å². The van der Waals surface area contributed by atoms with Gasteiger partial charge in [-0.3, -0.25) is 4.79 Å². The second-order valence-electron chi connectivity index (χ2n) is 5.06. The summed E-state index contributed by atoms with van der Waals surface area (Å²) in [6.07, 6.45) is 0.590. The Kier molecular flexibility index (Phi) is 3.95. The quantitative estimate of drug-likeness (QED) is 0.916. The molecular formula is C15H18N4O3. The minimum absolute atomic E-state index is 0.229. The van der Waals surface area contributed by atoms with Crippen molar-refractivity contribution in [1.29, 1.82) is 0 Å². The Morgan fingerprint density at radius 2 is 2.05 bits per heavy atom. The zero-order chi connectivity index (χ0) is 15.5. The van der Waals surface area contributed by atoms with E-state index in [0.717, 1.165) is 6.54 Å². The van der Waals surface area contributed by atoms with Gasteiger partial charge in [-0.1, -0.05) is 12.1 Å². The van der Waals surface area contributed by atoms with Gasteiger partial charge >= 0.3 is 0 Å². The van der Waals surface area contributed by atoms with Gasteiger partial charge < -0.3 is 19.4 Å². The molecule has 7 nitrogen and oxygen atoms in total. The average molecular weight is 302 g/mol. The van der Waals surface area contributed by atoms with E-state index < -0.39 is 6.10 Å². The van der Waals surface area contributed by atoms with Crippen LogP contribution in [0, 0.1) is 0 Å². The van der Waals surface area contributed by atoms with Crippen LogP contribution in [0.2, 0.25) is 0 Å². The smallest absolute Gasteiger partial charge is 0.265 e. The highest BCUT2D eigenvalue weighted by atomic mass is 16.6. The molecule has 1 amide bonds. The van der Waals surface area contributed by atoms with Crippen molar-refractivity contribution in [3.05, 3.63) is 36.4 Å². The van der Waals surface area contributed by atoms with E-state index in [1.807, 2.05) is 36.6 Å². The van der Waals surface area contributed by atoms with E-state index in [-0.39, 0.29) is 12.0 Å². The lowest BCUT2D eigenvalue weighted by Crippen LogP contribution is -2.49. The predicted octanol–water partition coefficient (Wildman–Crippen LogP) is 1.14. The van der Waals surface area contributed by atoms with Gasteiger partial charge in [-0.15, -0.1) is 10.2 Å². The number of nitrogens with one attached hydrogen (secondary N) is 1. The number of carbonyl (C=O) groups is 1. The monoisotopic (exact) mass is 302 g/mol. The number of carbonyl (C=O) groups excluding carboxylic acids is 1. The van der Waals surface area contributed by atoms with Crippen molar-refractivity contribution in [2.75, 3.05) is 0 Å². The van der Waals surface area contributed by atoms with Crippen molar-refractivity contribution < 1.29 is 14.3 Å². The normalized spacial score (nSPS) is 19.7. The van der Waals surface area contributed by atoms with Crippen molar-refractivity contribution in [3.63, 3.8) is 0 Å². The molecule has 1 aliphatic rings. The van der Waals surface area contributed by atoms with E-state index in [9.17, 15) is 4.79 Å². The Morgan fingerprint density at radius 3 is 2.77 bits per heavy atom. The third-order valence-electron chi connectivity index (χ3n) is 3.56. The molecule has 2 aromatic rings. The molecule has 0 spiro atoms. The Balaban J connectivity index is 1.65. The van der Waals surface area contributed by atoms with Gasteiger partial charge in [0.25, 0.3) is 5.91 Å². The topological polar surface area (TPSA) is 78.3 Å². The lowest BCUT2D eigenvalue weighted by Gasteiger charge is -2.30. The molecule has 7 heteroatoms. The molecule has 0 saturated heterocycles. The molecule has 2 heterocycles. The Hall–Kier alpha value is -2.57. The van der Waals surface area contributed by atoms with Crippen LogP contribution in [0.1, 0.15) is 19.7 Å². The summed E-state index contributed by atoms with van der Waals surface area (Å²) in [7, 11) is 0. The minimum Gasteiger partial charge on any atom is -0.482 e. The first-order valence-electron chi connectivity index (χ1n) is 7.25. The fourth-order valence-corrected chi connectivity index (χ4v) is 2.35. The van der Waals surface area contributed by atoms with Crippen LogP contribution in [0.5, 0.6) is 11.5 Å². The van der Waals surface area contributed by atoms with Gasteiger partial charge in [-0.25, -0.2) is 0 Å².